The van der Waals surface area contributed by atoms with Crippen LogP contribution in [0, 0.1) is 0 Å². The Bertz CT molecular complexity index is 385. The van der Waals surface area contributed by atoms with Crippen LogP contribution in [0.2, 0.25) is 0 Å². The number of hydrogen-bond donors (Lipinski definition) is 0. The van der Waals surface area contributed by atoms with E-state index in [1.807, 2.05) is 32.1 Å². The predicted octanol–water partition coefficient (Wildman–Crippen LogP) is 4.11. The molecule has 0 aromatic carbocycles. The Morgan fingerprint density at radius 2 is 1.72 bits per heavy atom. The molecule has 18 heavy (non-hydrogen) atoms. The van der Waals surface area contributed by atoms with Gasteiger partial charge in [0.25, 0.3) is 0 Å². The summed E-state index contributed by atoms with van der Waals surface area (Å²) in [5, 5.41) is 0. The van der Waals surface area contributed by atoms with Gasteiger partial charge in [-0.1, -0.05) is 6.08 Å². The summed E-state index contributed by atoms with van der Waals surface area (Å²) in [6, 6.07) is 0. The highest BCUT2D eigenvalue weighted by Crippen LogP contribution is 2.19. The summed E-state index contributed by atoms with van der Waals surface area (Å²) < 4.78 is 4.84. The Kier molecular flexibility index (Phi) is 6.20. The summed E-state index contributed by atoms with van der Waals surface area (Å²) in [4.78, 5) is 11.6. The van der Waals surface area contributed by atoms with Gasteiger partial charge in [0.05, 0.1) is 13.4 Å². The number of carbonyl (C=O) groups excluding carboxylic acids is 1. The molecule has 0 saturated carbocycles. The van der Waals surface area contributed by atoms with E-state index in [1.54, 1.807) is 13.4 Å². The van der Waals surface area contributed by atoms with Gasteiger partial charge in [0, 0.05) is 0 Å². The normalized spacial score (nSPS) is 15.7. The Morgan fingerprint density at radius 1 is 1.11 bits per heavy atom. The van der Waals surface area contributed by atoms with Crippen LogP contribution in [-0.2, 0) is 9.53 Å². The standard InChI is InChI=1S/C16H22O2/c1-13-11-15(12-14(2)16(13)17)9-7-5-4-6-8-10-18-3/h8-12H,4-7H2,1-3H3/b10-8+. The summed E-state index contributed by atoms with van der Waals surface area (Å²) >= 11 is 0. The smallest absolute Gasteiger partial charge is 0.184 e. The van der Waals surface area contributed by atoms with Crippen molar-refractivity contribution in [3.63, 3.8) is 0 Å². The highest BCUT2D eigenvalue weighted by Gasteiger charge is 2.11. The lowest BCUT2D eigenvalue weighted by Gasteiger charge is -2.09. The third kappa shape index (κ3) is 4.74. The fraction of sp³-hybridized carbons (Fsp3) is 0.438. The van der Waals surface area contributed by atoms with E-state index in [9.17, 15) is 4.79 Å². The molecular weight excluding hydrogens is 224 g/mol. The second kappa shape index (κ2) is 7.70. The minimum absolute atomic E-state index is 0.164. The molecule has 0 spiro atoms. The fourth-order valence-electron chi connectivity index (χ4n) is 1.94. The quantitative estimate of drug-likeness (QED) is 0.521. The number of carbonyl (C=O) groups is 1. The molecule has 2 heteroatoms. The highest BCUT2D eigenvalue weighted by atomic mass is 16.5. The lowest BCUT2D eigenvalue weighted by Crippen LogP contribution is -2.05. The molecule has 1 aliphatic carbocycles. The maximum atomic E-state index is 11.6. The first-order valence-electron chi connectivity index (χ1n) is 6.44. The summed E-state index contributed by atoms with van der Waals surface area (Å²) in [6.45, 7) is 3.75. The number of ether oxygens (including phenoxy) is 1. The molecule has 0 heterocycles. The number of methoxy groups -OCH3 is 1. The zero-order valence-electron chi connectivity index (χ0n) is 11.5. The summed E-state index contributed by atoms with van der Waals surface area (Å²) in [7, 11) is 1.66. The summed E-state index contributed by atoms with van der Waals surface area (Å²) in [6.07, 6.45) is 14.3. The minimum Gasteiger partial charge on any atom is -0.505 e. The fourth-order valence-corrected chi connectivity index (χ4v) is 1.94. The maximum absolute atomic E-state index is 11.6. The number of unbranched alkanes of at least 4 members (excludes halogenated alkanes) is 3. The van der Waals surface area contributed by atoms with Gasteiger partial charge in [0.2, 0.25) is 0 Å². The average Bonchev–Trinajstić information content (AvgIpc) is 2.34. The second-order valence-corrected chi connectivity index (χ2v) is 4.58. The Hall–Kier alpha value is -1.57. The Labute approximate surface area is 110 Å². The number of rotatable bonds is 6. The van der Waals surface area contributed by atoms with Gasteiger partial charge in [-0.3, -0.25) is 4.79 Å². The number of allylic oxidation sites excluding steroid dienone is 7. The van der Waals surface area contributed by atoms with Crippen LogP contribution in [0.1, 0.15) is 39.5 Å². The molecule has 0 fully saturated rings. The third-order valence-corrected chi connectivity index (χ3v) is 2.92. The van der Waals surface area contributed by atoms with Crippen LogP contribution in [0.4, 0.5) is 0 Å². The van der Waals surface area contributed by atoms with Gasteiger partial charge in [0.1, 0.15) is 0 Å². The van der Waals surface area contributed by atoms with Crippen LogP contribution < -0.4 is 0 Å². The van der Waals surface area contributed by atoms with E-state index in [0.29, 0.717) is 0 Å². The molecule has 0 atom stereocenters. The van der Waals surface area contributed by atoms with Crippen molar-refractivity contribution >= 4 is 5.78 Å². The lowest BCUT2D eigenvalue weighted by atomic mass is 9.95. The van der Waals surface area contributed by atoms with Crippen LogP contribution >= 0.6 is 0 Å². The molecular formula is C16H22O2. The molecule has 1 aliphatic rings. The van der Waals surface area contributed by atoms with E-state index in [2.05, 4.69) is 6.08 Å². The predicted molar refractivity (Wildman–Crippen MR) is 75.2 cm³/mol. The van der Waals surface area contributed by atoms with Crippen LogP contribution in [0.25, 0.3) is 0 Å². The molecule has 0 aromatic heterocycles. The maximum Gasteiger partial charge on any atom is 0.184 e. The Morgan fingerprint density at radius 3 is 2.33 bits per heavy atom. The van der Waals surface area contributed by atoms with E-state index in [-0.39, 0.29) is 5.78 Å². The lowest BCUT2D eigenvalue weighted by molar-refractivity contribution is -0.112. The molecule has 0 radical (unpaired) electrons. The van der Waals surface area contributed by atoms with E-state index < -0.39 is 0 Å². The average molecular weight is 246 g/mol. The molecule has 1 rings (SSSR count). The van der Waals surface area contributed by atoms with Crippen molar-refractivity contribution in [2.75, 3.05) is 7.11 Å². The molecule has 0 saturated heterocycles. The number of hydrogen-bond acceptors (Lipinski definition) is 2. The van der Waals surface area contributed by atoms with Gasteiger partial charge in [-0.15, -0.1) is 0 Å². The molecule has 0 N–H and O–H groups in total. The van der Waals surface area contributed by atoms with Crippen molar-refractivity contribution in [2.45, 2.75) is 39.5 Å². The molecule has 0 bridgehead atoms. The van der Waals surface area contributed by atoms with E-state index in [4.69, 9.17) is 4.74 Å². The summed E-state index contributed by atoms with van der Waals surface area (Å²) in [5.74, 6) is 0.164. The molecule has 2 nitrogen and oxygen atoms in total. The highest BCUT2D eigenvalue weighted by molar-refractivity contribution is 6.09. The zero-order valence-corrected chi connectivity index (χ0v) is 11.5. The van der Waals surface area contributed by atoms with Gasteiger partial charge in [-0.05, 0) is 74.5 Å². The third-order valence-electron chi connectivity index (χ3n) is 2.92. The van der Waals surface area contributed by atoms with Crippen molar-refractivity contribution < 1.29 is 9.53 Å². The number of ketones is 1. The SMILES string of the molecule is CO/C=C/CCCCC=C1C=C(C)C(=O)C(C)=C1. The Balaban J connectivity index is 2.35. The first kappa shape index (κ1) is 14.5. The first-order chi connectivity index (χ1) is 8.65. The van der Waals surface area contributed by atoms with Gasteiger partial charge in [-0.2, -0.15) is 0 Å². The van der Waals surface area contributed by atoms with Crippen molar-refractivity contribution in [3.05, 3.63) is 47.3 Å². The van der Waals surface area contributed by atoms with Gasteiger partial charge < -0.3 is 4.74 Å². The van der Waals surface area contributed by atoms with Crippen LogP contribution in [-0.4, -0.2) is 12.9 Å². The van der Waals surface area contributed by atoms with E-state index in [1.165, 1.54) is 0 Å². The van der Waals surface area contributed by atoms with Crippen LogP contribution in [0.15, 0.2) is 47.3 Å². The minimum atomic E-state index is 0.164. The van der Waals surface area contributed by atoms with Crippen molar-refractivity contribution in [1.82, 2.24) is 0 Å². The zero-order chi connectivity index (χ0) is 13.4. The topological polar surface area (TPSA) is 26.3 Å². The van der Waals surface area contributed by atoms with Crippen molar-refractivity contribution in [1.29, 1.82) is 0 Å². The first-order valence-corrected chi connectivity index (χ1v) is 6.44. The molecule has 0 aliphatic heterocycles. The molecule has 0 unspecified atom stereocenters. The largest absolute Gasteiger partial charge is 0.505 e. The molecule has 98 valence electrons. The van der Waals surface area contributed by atoms with Crippen molar-refractivity contribution in [3.8, 4) is 0 Å². The van der Waals surface area contributed by atoms with Gasteiger partial charge in [0.15, 0.2) is 5.78 Å². The van der Waals surface area contributed by atoms with Gasteiger partial charge in [-0.25, -0.2) is 0 Å². The number of Topliss-reactive ketones (excluding diaryl/α,β-unsaturated/α-hetero) is 1. The van der Waals surface area contributed by atoms with E-state index >= 15 is 0 Å². The van der Waals surface area contributed by atoms with Gasteiger partial charge >= 0.3 is 0 Å². The van der Waals surface area contributed by atoms with Crippen LogP contribution in [0.5, 0.6) is 0 Å². The molecule has 0 amide bonds. The second-order valence-electron chi connectivity index (χ2n) is 4.58. The molecule has 0 aromatic rings. The van der Waals surface area contributed by atoms with Crippen molar-refractivity contribution in [2.24, 2.45) is 0 Å². The van der Waals surface area contributed by atoms with E-state index in [0.717, 1.165) is 42.4 Å². The van der Waals surface area contributed by atoms with Crippen LogP contribution in [0.3, 0.4) is 0 Å². The summed E-state index contributed by atoms with van der Waals surface area (Å²) in [5.41, 5.74) is 2.84. The monoisotopic (exact) mass is 246 g/mol.